The molecule has 2 rings (SSSR count). The van der Waals surface area contributed by atoms with Crippen LogP contribution in [-0.4, -0.2) is 63.8 Å². The van der Waals surface area contributed by atoms with E-state index in [2.05, 4.69) is 5.32 Å². The number of nitrogens with zero attached hydrogens (tertiary/aromatic N) is 2. The summed E-state index contributed by atoms with van der Waals surface area (Å²) >= 11 is 6.16. The molecule has 1 aliphatic heterocycles. The minimum absolute atomic E-state index is 0. The molecule has 1 heterocycles. The summed E-state index contributed by atoms with van der Waals surface area (Å²) in [6, 6.07) is 4.44. The van der Waals surface area contributed by atoms with Gasteiger partial charge in [0.1, 0.15) is 4.90 Å². The first-order valence-electron chi connectivity index (χ1n) is 9.05. The Kier molecular flexibility index (Phi) is 10.0. The van der Waals surface area contributed by atoms with Gasteiger partial charge in [0.2, 0.25) is 10.0 Å². The molecule has 1 aliphatic rings. The molecule has 0 bridgehead atoms. The number of carbonyl (C=O) groups excluding carboxylic acids is 1. The third-order valence-electron chi connectivity index (χ3n) is 4.44. The summed E-state index contributed by atoms with van der Waals surface area (Å²) in [5, 5.41) is 2.98. The number of carbonyl (C=O) groups is 1. The van der Waals surface area contributed by atoms with E-state index in [0.29, 0.717) is 25.2 Å². The fourth-order valence-corrected chi connectivity index (χ4v) is 4.98. The predicted molar refractivity (Wildman–Crippen MR) is 111 cm³/mol. The largest absolute Gasteiger partial charge is 0.352 e. The zero-order valence-electron chi connectivity index (χ0n) is 15.9. The van der Waals surface area contributed by atoms with Crippen molar-refractivity contribution in [3.8, 4) is 0 Å². The summed E-state index contributed by atoms with van der Waals surface area (Å²) in [7, 11) is 0.253. The van der Waals surface area contributed by atoms with Gasteiger partial charge in [-0.25, -0.2) is 8.42 Å². The van der Waals surface area contributed by atoms with Crippen molar-refractivity contribution < 1.29 is 13.2 Å². The molecule has 154 valence electrons. The van der Waals surface area contributed by atoms with E-state index >= 15 is 0 Å². The van der Waals surface area contributed by atoms with Gasteiger partial charge in [-0.3, -0.25) is 4.79 Å². The Bertz CT molecular complexity index is 719. The highest BCUT2D eigenvalue weighted by Gasteiger charge is 2.28. The normalized spacial score (nSPS) is 15.9. The van der Waals surface area contributed by atoms with E-state index in [1.807, 2.05) is 19.0 Å². The molecule has 0 radical (unpaired) electrons. The maximum Gasteiger partial charge on any atom is 0.251 e. The molecule has 1 N–H and O–H groups in total. The average Bonchev–Trinajstić information content (AvgIpc) is 2.88. The standard InChI is InChI=1S/C18H28ClN3O3S.ClH/c1-21(2)11-7-10-20-18(23)15-8-9-16(19)17(14-15)26(24,25)22-12-5-3-4-6-13-22;/h8-9,14H,3-7,10-13H2,1-2H3,(H,20,23);1H. The van der Waals surface area contributed by atoms with Gasteiger partial charge in [-0.1, -0.05) is 24.4 Å². The van der Waals surface area contributed by atoms with E-state index < -0.39 is 10.0 Å². The van der Waals surface area contributed by atoms with Crippen molar-refractivity contribution in [3.05, 3.63) is 28.8 Å². The van der Waals surface area contributed by atoms with Crippen LogP contribution in [0.5, 0.6) is 0 Å². The smallest absolute Gasteiger partial charge is 0.251 e. The first-order valence-corrected chi connectivity index (χ1v) is 10.9. The van der Waals surface area contributed by atoms with E-state index in [9.17, 15) is 13.2 Å². The highest BCUT2D eigenvalue weighted by molar-refractivity contribution is 7.89. The average molecular weight is 438 g/mol. The quantitative estimate of drug-likeness (QED) is 0.665. The Morgan fingerprint density at radius 2 is 1.81 bits per heavy atom. The molecule has 0 aromatic heterocycles. The van der Waals surface area contributed by atoms with Crippen LogP contribution >= 0.6 is 24.0 Å². The van der Waals surface area contributed by atoms with Crippen molar-refractivity contribution in [3.63, 3.8) is 0 Å². The fourth-order valence-electron chi connectivity index (χ4n) is 2.96. The molecule has 0 aliphatic carbocycles. The van der Waals surface area contributed by atoms with Crippen molar-refractivity contribution >= 4 is 39.9 Å². The zero-order valence-corrected chi connectivity index (χ0v) is 18.3. The lowest BCUT2D eigenvalue weighted by Gasteiger charge is -2.21. The van der Waals surface area contributed by atoms with Crippen molar-refractivity contribution in [1.82, 2.24) is 14.5 Å². The minimum Gasteiger partial charge on any atom is -0.352 e. The summed E-state index contributed by atoms with van der Waals surface area (Å²) in [5.41, 5.74) is 0.313. The first-order chi connectivity index (χ1) is 12.3. The van der Waals surface area contributed by atoms with Crippen molar-refractivity contribution in [2.24, 2.45) is 0 Å². The van der Waals surface area contributed by atoms with Crippen LogP contribution in [0.3, 0.4) is 0 Å². The maximum absolute atomic E-state index is 13.0. The maximum atomic E-state index is 13.0. The molecule has 27 heavy (non-hydrogen) atoms. The van der Waals surface area contributed by atoms with Gasteiger partial charge in [-0.2, -0.15) is 4.31 Å². The van der Waals surface area contributed by atoms with Gasteiger partial charge in [0.15, 0.2) is 0 Å². The van der Waals surface area contributed by atoms with E-state index in [1.54, 1.807) is 6.07 Å². The van der Waals surface area contributed by atoms with Gasteiger partial charge in [-0.15, -0.1) is 12.4 Å². The van der Waals surface area contributed by atoms with Crippen molar-refractivity contribution in [2.75, 3.05) is 40.3 Å². The van der Waals surface area contributed by atoms with Crippen LogP contribution in [0.4, 0.5) is 0 Å². The van der Waals surface area contributed by atoms with Crippen LogP contribution in [0.2, 0.25) is 5.02 Å². The molecule has 0 spiro atoms. The lowest BCUT2D eigenvalue weighted by molar-refractivity contribution is 0.0952. The summed E-state index contributed by atoms with van der Waals surface area (Å²) in [6.45, 7) is 2.41. The Hall–Kier alpha value is -0.860. The van der Waals surface area contributed by atoms with Crippen LogP contribution in [0.25, 0.3) is 0 Å². The van der Waals surface area contributed by atoms with Gasteiger partial charge in [0.05, 0.1) is 5.02 Å². The highest BCUT2D eigenvalue weighted by atomic mass is 35.5. The molecular formula is C18H29Cl2N3O3S. The lowest BCUT2D eigenvalue weighted by atomic mass is 10.2. The van der Waals surface area contributed by atoms with E-state index in [4.69, 9.17) is 11.6 Å². The molecule has 0 atom stereocenters. The monoisotopic (exact) mass is 437 g/mol. The number of hydrogen-bond acceptors (Lipinski definition) is 4. The highest BCUT2D eigenvalue weighted by Crippen LogP contribution is 2.27. The van der Waals surface area contributed by atoms with Crippen LogP contribution in [0, 0.1) is 0 Å². The van der Waals surface area contributed by atoms with Gasteiger partial charge in [0, 0.05) is 25.2 Å². The zero-order chi connectivity index (χ0) is 19.2. The fraction of sp³-hybridized carbons (Fsp3) is 0.611. The Labute approximate surface area is 173 Å². The Morgan fingerprint density at radius 1 is 1.19 bits per heavy atom. The number of nitrogens with one attached hydrogen (secondary N) is 1. The van der Waals surface area contributed by atoms with Crippen LogP contribution < -0.4 is 5.32 Å². The topological polar surface area (TPSA) is 69.7 Å². The number of hydrogen-bond donors (Lipinski definition) is 1. The van der Waals surface area contributed by atoms with Crippen LogP contribution in [-0.2, 0) is 10.0 Å². The number of benzene rings is 1. The van der Waals surface area contributed by atoms with Gasteiger partial charge in [-0.05, 0) is 58.1 Å². The van der Waals surface area contributed by atoms with E-state index in [0.717, 1.165) is 38.6 Å². The molecule has 6 nitrogen and oxygen atoms in total. The third-order valence-corrected chi connectivity index (χ3v) is 6.82. The Morgan fingerprint density at radius 3 is 2.41 bits per heavy atom. The molecule has 0 saturated carbocycles. The number of halogens is 2. The summed E-state index contributed by atoms with van der Waals surface area (Å²) in [4.78, 5) is 14.4. The summed E-state index contributed by atoms with van der Waals surface area (Å²) < 4.78 is 27.4. The number of amides is 1. The van der Waals surface area contributed by atoms with Gasteiger partial charge < -0.3 is 10.2 Å². The second-order valence-electron chi connectivity index (χ2n) is 6.88. The van der Waals surface area contributed by atoms with Gasteiger partial charge in [0.25, 0.3) is 5.91 Å². The predicted octanol–water partition coefficient (Wildman–Crippen LogP) is 3.01. The Balaban J connectivity index is 0.00000364. The van der Waals surface area contributed by atoms with E-state index in [-0.39, 0.29) is 28.2 Å². The molecule has 0 unspecified atom stereocenters. The molecule has 1 saturated heterocycles. The number of rotatable bonds is 7. The molecule has 1 fully saturated rings. The molecule has 1 aromatic rings. The lowest BCUT2D eigenvalue weighted by Crippen LogP contribution is -2.32. The van der Waals surface area contributed by atoms with Crippen molar-refractivity contribution in [1.29, 1.82) is 0 Å². The molecule has 9 heteroatoms. The summed E-state index contributed by atoms with van der Waals surface area (Å²) in [6.07, 6.45) is 4.60. The third kappa shape index (κ3) is 6.91. The number of sulfonamides is 1. The second-order valence-corrected chi connectivity index (χ2v) is 9.19. The first kappa shape index (κ1) is 24.2. The molecular weight excluding hydrogens is 409 g/mol. The molecule has 1 amide bonds. The second kappa shape index (κ2) is 11.2. The molecule has 1 aromatic carbocycles. The van der Waals surface area contributed by atoms with E-state index in [1.165, 1.54) is 16.4 Å². The van der Waals surface area contributed by atoms with Crippen LogP contribution in [0.15, 0.2) is 23.1 Å². The van der Waals surface area contributed by atoms with Crippen molar-refractivity contribution in [2.45, 2.75) is 37.0 Å². The minimum atomic E-state index is -3.69. The van der Waals surface area contributed by atoms with Gasteiger partial charge >= 0.3 is 0 Å². The van der Waals surface area contributed by atoms with Crippen LogP contribution in [0.1, 0.15) is 42.5 Å². The SMILES string of the molecule is CN(C)CCCNC(=O)c1ccc(Cl)c(S(=O)(=O)N2CCCCCC2)c1.Cl. The summed E-state index contributed by atoms with van der Waals surface area (Å²) in [5.74, 6) is -0.285.